The van der Waals surface area contributed by atoms with Gasteiger partial charge in [-0.2, -0.15) is 0 Å². The van der Waals surface area contributed by atoms with E-state index >= 15 is 0 Å². The molecule has 1 aliphatic rings. The second-order valence-corrected chi connectivity index (χ2v) is 6.10. The number of carbonyl (C=O) groups excluding carboxylic acids is 1. The van der Waals surface area contributed by atoms with Gasteiger partial charge < -0.3 is 10.4 Å². The van der Waals surface area contributed by atoms with Crippen LogP contribution in [-0.2, 0) is 4.79 Å². The number of rotatable bonds is 1. The Labute approximate surface area is 115 Å². The fourth-order valence-electron chi connectivity index (χ4n) is 2.29. The van der Waals surface area contributed by atoms with Crippen molar-refractivity contribution in [2.75, 3.05) is 0 Å². The largest absolute Gasteiger partial charge is 0.509 e. The van der Waals surface area contributed by atoms with Crippen molar-refractivity contribution in [3.05, 3.63) is 39.1 Å². The van der Waals surface area contributed by atoms with Gasteiger partial charge in [-0.3, -0.25) is 4.79 Å². The van der Waals surface area contributed by atoms with Gasteiger partial charge in [-0.15, -0.1) is 0 Å². The number of aliphatic hydroxyl groups is 1. The lowest BCUT2D eigenvalue weighted by Crippen LogP contribution is -2.38. The summed E-state index contributed by atoms with van der Waals surface area (Å²) in [5.41, 5.74) is 2.51. The van der Waals surface area contributed by atoms with E-state index in [1.54, 1.807) is 13.8 Å². The lowest BCUT2D eigenvalue weighted by molar-refractivity contribution is -0.115. The number of nitrogens with one attached hydrogen (secondary N) is 1. The second-order valence-electron chi connectivity index (χ2n) is 5.24. The molecule has 0 saturated carbocycles. The first kappa shape index (κ1) is 13.1. The van der Waals surface area contributed by atoms with Crippen molar-refractivity contribution in [2.24, 2.45) is 0 Å². The third-order valence-electron chi connectivity index (χ3n) is 3.16. The fraction of sp³-hybridized carbons (Fsp3) is 0.357. The van der Waals surface area contributed by atoms with Crippen LogP contribution < -0.4 is 5.32 Å². The molecule has 2 rings (SSSR count). The highest BCUT2D eigenvalue weighted by Gasteiger charge is 2.39. The summed E-state index contributed by atoms with van der Waals surface area (Å²) < 4.78 is 0.828. The molecule has 0 aromatic heterocycles. The molecule has 0 spiro atoms. The van der Waals surface area contributed by atoms with E-state index in [4.69, 9.17) is 0 Å². The molecule has 0 bridgehead atoms. The Morgan fingerprint density at radius 3 is 2.33 bits per heavy atom. The zero-order valence-electron chi connectivity index (χ0n) is 10.9. The Bertz CT molecular complexity index is 550. The molecule has 1 aromatic rings. The smallest absolute Gasteiger partial charge is 0.256 e. The van der Waals surface area contributed by atoms with Crippen molar-refractivity contribution in [1.82, 2.24) is 5.32 Å². The number of hydrogen-bond acceptors (Lipinski definition) is 2. The first-order valence-corrected chi connectivity index (χ1v) is 6.56. The van der Waals surface area contributed by atoms with Gasteiger partial charge in [0.25, 0.3) is 5.91 Å². The zero-order valence-corrected chi connectivity index (χ0v) is 12.5. The summed E-state index contributed by atoms with van der Waals surface area (Å²) >= 11 is 3.48. The van der Waals surface area contributed by atoms with Gasteiger partial charge >= 0.3 is 0 Å². The number of aliphatic hydroxyl groups excluding tert-OH is 1. The molecule has 0 atom stereocenters. The van der Waals surface area contributed by atoms with Gasteiger partial charge in [0.1, 0.15) is 5.76 Å². The minimum atomic E-state index is -0.705. The molecule has 0 saturated heterocycles. The van der Waals surface area contributed by atoms with Gasteiger partial charge in [0.05, 0.1) is 11.1 Å². The summed E-state index contributed by atoms with van der Waals surface area (Å²) in [5, 5.41) is 13.0. The molecule has 1 aliphatic heterocycles. The van der Waals surface area contributed by atoms with Crippen LogP contribution in [0.1, 0.15) is 30.5 Å². The standard InChI is InChI=1S/C14H16BrNO2/c1-7-5-8(2)10(9(15)6-7)11-12(17)14(3,4)16-13(11)18/h5-6,17H,1-4H3,(H,16,18). The predicted molar refractivity (Wildman–Crippen MR) is 75.4 cm³/mol. The second kappa shape index (κ2) is 4.12. The maximum Gasteiger partial charge on any atom is 0.256 e. The first-order chi connectivity index (χ1) is 8.24. The van der Waals surface area contributed by atoms with Crippen LogP contribution in [-0.4, -0.2) is 16.6 Å². The number of hydrogen-bond donors (Lipinski definition) is 2. The van der Waals surface area contributed by atoms with Crippen molar-refractivity contribution in [2.45, 2.75) is 33.2 Å². The van der Waals surface area contributed by atoms with Crippen molar-refractivity contribution < 1.29 is 9.90 Å². The van der Waals surface area contributed by atoms with Crippen LogP contribution in [0.15, 0.2) is 22.4 Å². The van der Waals surface area contributed by atoms with E-state index in [1.165, 1.54) is 0 Å². The molecule has 4 heteroatoms. The number of amides is 1. The molecule has 1 amide bonds. The average Bonchev–Trinajstić information content (AvgIpc) is 2.38. The zero-order chi connectivity index (χ0) is 13.7. The lowest BCUT2D eigenvalue weighted by atomic mass is 9.95. The summed E-state index contributed by atoms with van der Waals surface area (Å²) in [6.07, 6.45) is 0. The highest BCUT2D eigenvalue weighted by atomic mass is 79.9. The van der Waals surface area contributed by atoms with Gasteiger partial charge in [0.15, 0.2) is 0 Å². The number of aryl methyl sites for hydroxylation is 2. The molecule has 0 fully saturated rings. The molecule has 0 unspecified atom stereocenters. The number of carbonyl (C=O) groups is 1. The van der Waals surface area contributed by atoms with E-state index in [9.17, 15) is 9.90 Å². The normalized spacial score (nSPS) is 18.2. The van der Waals surface area contributed by atoms with Crippen molar-refractivity contribution in [3.8, 4) is 0 Å². The minimum Gasteiger partial charge on any atom is -0.509 e. The minimum absolute atomic E-state index is 0.0974. The average molecular weight is 310 g/mol. The van der Waals surface area contributed by atoms with Crippen LogP contribution in [0.4, 0.5) is 0 Å². The van der Waals surface area contributed by atoms with Gasteiger partial charge in [-0.1, -0.05) is 22.0 Å². The van der Waals surface area contributed by atoms with E-state index in [2.05, 4.69) is 21.2 Å². The Kier molecular flexibility index (Phi) is 3.01. The SMILES string of the molecule is Cc1cc(C)c(C2=C(O)C(C)(C)NC2=O)c(Br)c1. The molecular formula is C14H16BrNO2. The Morgan fingerprint density at radius 1 is 1.28 bits per heavy atom. The molecule has 1 aromatic carbocycles. The van der Waals surface area contributed by atoms with Crippen molar-refractivity contribution in [1.29, 1.82) is 0 Å². The summed E-state index contributed by atoms with van der Waals surface area (Å²) in [5.74, 6) is -0.134. The maximum absolute atomic E-state index is 12.0. The van der Waals surface area contributed by atoms with Crippen LogP contribution in [0.3, 0.4) is 0 Å². The Morgan fingerprint density at radius 2 is 1.89 bits per heavy atom. The van der Waals surface area contributed by atoms with Crippen LogP contribution in [0.5, 0.6) is 0 Å². The Balaban J connectivity index is 2.71. The van der Waals surface area contributed by atoms with Crippen molar-refractivity contribution in [3.63, 3.8) is 0 Å². The van der Waals surface area contributed by atoms with E-state index in [1.807, 2.05) is 26.0 Å². The number of benzene rings is 1. The quantitative estimate of drug-likeness (QED) is 0.836. The van der Waals surface area contributed by atoms with E-state index in [-0.39, 0.29) is 11.7 Å². The summed E-state index contributed by atoms with van der Waals surface area (Å²) in [7, 11) is 0. The highest BCUT2D eigenvalue weighted by Crippen LogP contribution is 2.37. The summed E-state index contributed by atoms with van der Waals surface area (Å²) in [6.45, 7) is 7.50. The first-order valence-electron chi connectivity index (χ1n) is 5.77. The predicted octanol–water partition coefficient (Wildman–Crippen LogP) is 3.24. The van der Waals surface area contributed by atoms with Gasteiger partial charge in [0, 0.05) is 10.0 Å². The van der Waals surface area contributed by atoms with Gasteiger partial charge in [0.2, 0.25) is 0 Å². The summed E-state index contributed by atoms with van der Waals surface area (Å²) in [4.78, 5) is 12.0. The molecule has 3 nitrogen and oxygen atoms in total. The van der Waals surface area contributed by atoms with Crippen LogP contribution in [0.25, 0.3) is 5.57 Å². The van der Waals surface area contributed by atoms with Crippen LogP contribution in [0.2, 0.25) is 0 Å². The van der Waals surface area contributed by atoms with E-state index in [0.29, 0.717) is 5.57 Å². The molecule has 0 aliphatic carbocycles. The van der Waals surface area contributed by atoms with Gasteiger partial charge in [-0.25, -0.2) is 0 Å². The fourth-order valence-corrected chi connectivity index (χ4v) is 3.16. The molecule has 1 heterocycles. The maximum atomic E-state index is 12.0. The van der Waals surface area contributed by atoms with Crippen LogP contribution in [0, 0.1) is 13.8 Å². The third kappa shape index (κ3) is 1.94. The van der Waals surface area contributed by atoms with Crippen molar-refractivity contribution >= 4 is 27.4 Å². The topological polar surface area (TPSA) is 49.3 Å². The molecule has 96 valence electrons. The monoisotopic (exact) mass is 309 g/mol. The summed E-state index contributed by atoms with van der Waals surface area (Å²) in [6, 6.07) is 3.94. The highest BCUT2D eigenvalue weighted by molar-refractivity contribution is 9.10. The van der Waals surface area contributed by atoms with E-state index in [0.717, 1.165) is 21.2 Å². The number of halogens is 1. The van der Waals surface area contributed by atoms with Gasteiger partial charge in [-0.05, 0) is 44.9 Å². The Hall–Kier alpha value is -1.29. The molecule has 18 heavy (non-hydrogen) atoms. The molecule has 2 N–H and O–H groups in total. The molecular weight excluding hydrogens is 294 g/mol. The van der Waals surface area contributed by atoms with E-state index < -0.39 is 5.54 Å². The van der Waals surface area contributed by atoms with Crippen LogP contribution >= 0.6 is 15.9 Å². The molecule has 0 radical (unpaired) electrons. The lowest BCUT2D eigenvalue weighted by Gasteiger charge is -2.17. The third-order valence-corrected chi connectivity index (χ3v) is 3.79.